The second-order valence-electron chi connectivity index (χ2n) is 9.98. The number of allylic oxidation sites excluding steroid dienone is 5. The third kappa shape index (κ3) is 5.43. The fourth-order valence-electron chi connectivity index (χ4n) is 6.40. The molecule has 0 radical (unpaired) electrons. The Morgan fingerprint density at radius 1 is 1.14 bits per heavy atom. The summed E-state index contributed by atoms with van der Waals surface area (Å²) in [5.74, 6) is 6.22. The summed E-state index contributed by atoms with van der Waals surface area (Å²) in [5, 5.41) is 0. The molecule has 0 saturated heterocycles. The highest BCUT2D eigenvalue weighted by atomic mass is 14.6. The van der Waals surface area contributed by atoms with Gasteiger partial charge in [-0.2, -0.15) is 0 Å². The quantitative estimate of drug-likeness (QED) is 0.278. The molecule has 1 fully saturated rings. The van der Waals surface area contributed by atoms with Crippen LogP contribution in [-0.4, -0.2) is 0 Å². The highest BCUT2D eigenvalue weighted by Crippen LogP contribution is 2.65. The Hall–Kier alpha value is -0.780. The van der Waals surface area contributed by atoms with Crippen LogP contribution in [-0.2, 0) is 0 Å². The van der Waals surface area contributed by atoms with Gasteiger partial charge >= 0.3 is 0 Å². The first-order valence-corrected chi connectivity index (χ1v) is 12.4. The van der Waals surface area contributed by atoms with E-state index in [1.165, 1.54) is 51.4 Å². The Labute approximate surface area is 177 Å². The van der Waals surface area contributed by atoms with Gasteiger partial charge in [-0.1, -0.05) is 82.8 Å². The van der Waals surface area contributed by atoms with E-state index in [0.717, 1.165) is 47.8 Å². The SMILES string of the molecule is C=CCCC1=C(C)C(C(C)C(C)CCC)CC2C1C2C(CC=CC)CCCC. The standard InChI is InChI=1S/C28H48/c1-8-12-16-23(17-13-9-2)27-26-19-25(21(6)20(5)15-11-4)22(7)24(28(26)27)18-14-10-3/h8,10,12,20-21,23,25-28H,3,9,11,13-19H2,1-2,4-7H3. The lowest BCUT2D eigenvalue weighted by Gasteiger charge is -2.34. The van der Waals surface area contributed by atoms with E-state index in [9.17, 15) is 0 Å². The van der Waals surface area contributed by atoms with Crippen molar-refractivity contribution in [3.63, 3.8) is 0 Å². The Kier molecular flexibility index (Phi) is 9.58. The molecule has 0 amide bonds. The molecule has 0 aromatic rings. The molecular weight excluding hydrogens is 336 g/mol. The van der Waals surface area contributed by atoms with Gasteiger partial charge in [0, 0.05) is 0 Å². The lowest BCUT2D eigenvalue weighted by molar-refractivity contribution is 0.244. The molecule has 28 heavy (non-hydrogen) atoms. The van der Waals surface area contributed by atoms with E-state index in [0.29, 0.717) is 0 Å². The van der Waals surface area contributed by atoms with Crippen molar-refractivity contribution in [2.75, 3.05) is 0 Å². The molecule has 2 rings (SSSR count). The summed E-state index contributed by atoms with van der Waals surface area (Å²) in [4.78, 5) is 0. The largest absolute Gasteiger partial charge is 0.103 e. The molecule has 0 nitrogen and oxygen atoms in total. The summed E-state index contributed by atoms with van der Waals surface area (Å²) in [5.41, 5.74) is 3.63. The second-order valence-corrected chi connectivity index (χ2v) is 9.98. The molecule has 0 aliphatic heterocycles. The zero-order valence-electron chi connectivity index (χ0n) is 19.8. The maximum Gasteiger partial charge on any atom is -0.0135 e. The first-order chi connectivity index (χ1) is 13.5. The van der Waals surface area contributed by atoms with E-state index < -0.39 is 0 Å². The molecule has 0 spiro atoms. The van der Waals surface area contributed by atoms with Gasteiger partial charge in [-0.3, -0.25) is 0 Å². The number of hydrogen-bond donors (Lipinski definition) is 0. The molecule has 160 valence electrons. The molecule has 1 saturated carbocycles. The van der Waals surface area contributed by atoms with Gasteiger partial charge in [0.1, 0.15) is 0 Å². The van der Waals surface area contributed by atoms with E-state index in [1.54, 1.807) is 5.57 Å². The minimum absolute atomic E-state index is 0.821. The zero-order chi connectivity index (χ0) is 20.7. The van der Waals surface area contributed by atoms with Gasteiger partial charge in [0.25, 0.3) is 0 Å². The molecule has 7 atom stereocenters. The molecule has 2 aliphatic rings. The third-order valence-electron chi connectivity index (χ3n) is 8.26. The zero-order valence-corrected chi connectivity index (χ0v) is 19.8. The summed E-state index contributed by atoms with van der Waals surface area (Å²) in [6.07, 6.45) is 18.9. The lowest BCUT2D eigenvalue weighted by Crippen LogP contribution is -2.24. The van der Waals surface area contributed by atoms with Gasteiger partial charge in [-0.25, -0.2) is 0 Å². The highest BCUT2D eigenvalue weighted by molar-refractivity contribution is 5.32. The topological polar surface area (TPSA) is 0 Å². The highest BCUT2D eigenvalue weighted by Gasteiger charge is 2.57. The van der Waals surface area contributed by atoms with Gasteiger partial charge in [-0.15, -0.1) is 6.58 Å². The lowest BCUT2D eigenvalue weighted by atomic mass is 9.71. The van der Waals surface area contributed by atoms with Crippen LogP contribution in [0.3, 0.4) is 0 Å². The van der Waals surface area contributed by atoms with Gasteiger partial charge in [0.2, 0.25) is 0 Å². The molecule has 0 heterocycles. The van der Waals surface area contributed by atoms with Crippen molar-refractivity contribution in [3.05, 3.63) is 36.0 Å². The van der Waals surface area contributed by atoms with Crippen LogP contribution in [0.1, 0.15) is 99.3 Å². The van der Waals surface area contributed by atoms with Crippen molar-refractivity contribution >= 4 is 0 Å². The Morgan fingerprint density at radius 2 is 1.89 bits per heavy atom. The predicted octanol–water partition coefficient (Wildman–Crippen LogP) is 9.00. The second kappa shape index (κ2) is 11.4. The van der Waals surface area contributed by atoms with Crippen LogP contribution in [0.2, 0.25) is 0 Å². The van der Waals surface area contributed by atoms with Crippen molar-refractivity contribution in [2.45, 2.75) is 99.3 Å². The summed E-state index contributed by atoms with van der Waals surface area (Å²) in [6.45, 7) is 18.4. The molecule has 0 heteroatoms. The molecule has 2 aliphatic carbocycles. The fourth-order valence-corrected chi connectivity index (χ4v) is 6.40. The van der Waals surface area contributed by atoms with Crippen molar-refractivity contribution < 1.29 is 0 Å². The number of fused-ring (bicyclic) bond motifs is 1. The third-order valence-corrected chi connectivity index (χ3v) is 8.26. The number of unbranched alkanes of at least 4 members (excludes halogenated alkanes) is 1. The number of rotatable bonds is 13. The Bertz CT molecular complexity index is 536. The van der Waals surface area contributed by atoms with Crippen LogP contribution in [0, 0.1) is 41.4 Å². The van der Waals surface area contributed by atoms with E-state index in [2.05, 4.69) is 66.3 Å². The summed E-state index contributed by atoms with van der Waals surface area (Å²) < 4.78 is 0. The van der Waals surface area contributed by atoms with Crippen molar-refractivity contribution in [3.8, 4) is 0 Å². The van der Waals surface area contributed by atoms with Crippen LogP contribution < -0.4 is 0 Å². The first-order valence-electron chi connectivity index (χ1n) is 12.4. The molecule has 0 N–H and O–H groups in total. The molecule has 7 unspecified atom stereocenters. The van der Waals surface area contributed by atoms with E-state index in [-0.39, 0.29) is 0 Å². The minimum Gasteiger partial charge on any atom is -0.103 e. The minimum atomic E-state index is 0.821. The Morgan fingerprint density at radius 3 is 2.50 bits per heavy atom. The van der Waals surface area contributed by atoms with Gasteiger partial charge < -0.3 is 0 Å². The summed E-state index contributed by atoms with van der Waals surface area (Å²) in [7, 11) is 0. The number of hydrogen-bond acceptors (Lipinski definition) is 0. The first kappa shape index (κ1) is 23.5. The normalized spacial score (nSPS) is 30.2. The summed E-state index contributed by atoms with van der Waals surface area (Å²) in [6, 6.07) is 0. The fraction of sp³-hybridized carbons (Fsp3) is 0.786. The summed E-state index contributed by atoms with van der Waals surface area (Å²) >= 11 is 0. The molecular formula is C28H48. The van der Waals surface area contributed by atoms with Crippen LogP contribution in [0.15, 0.2) is 36.0 Å². The van der Waals surface area contributed by atoms with Crippen molar-refractivity contribution in [1.29, 1.82) is 0 Å². The van der Waals surface area contributed by atoms with Crippen LogP contribution >= 0.6 is 0 Å². The van der Waals surface area contributed by atoms with E-state index in [1.807, 2.05) is 5.57 Å². The van der Waals surface area contributed by atoms with Crippen LogP contribution in [0.25, 0.3) is 0 Å². The molecule has 0 bridgehead atoms. The van der Waals surface area contributed by atoms with Gasteiger partial charge in [0.05, 0.1) is 0 Å². The van der Waals surface area contributed by atoms with Crippen LogP contribution in [0.4, 0.5) is 0 Å². The Balaban J connectivity index is 2.23. The average Bonchev–Trinajstić information content (AvgIpc) is 3.40. The molecule has 0 aromatic carbocycles. The van der Waals surface area contributed by atoms with Crippen molar-refractivity contribution in [2.24, 2.45) is 41.4 Å². The smallest absolute Gasteiger partial charge is 0.0135 e. The average molecular weight is 385 g/mol. The monoisotopic (exact) mass is 384 g/mol. The van der Waals surface area contributed by atoms with Gasteiger partial charge in [-0.05, 0) is 87.4 Å². The van der Waals surface area contributed by atoms with E-state index in [4.69, 9.17) is 0 Å². The van der Waals surface area contributed by atoms with Crippen molar-refractivity contribution in [1.82, 2.24) is 0 Å². The predicted molar refractivity (Wildman–Crippen MR) is 126 cm³/mol. The maximum absolute atomic E-state index is 4.02. The molecule has 0 aromatic heterocycles. The van der Waals surface area contributed by atoms with Crippen LogP contribution in [0.5, 0.6) is 0 Å². The van der Waals surface area contributed by atoms with E-state index >= 15 is 0 Å². The maximum atomic E-state index is 4.02. The van der Waals surface area contributed by atoms with Gasteiger partial charge in [0.15, 0.2) is 0 Å².